The number of carboxylic acid groups (broad SMARTS) is 1. The van der Waals surface area contributed by atoms with Crippen LogP contribution in [-0.4, -0.2) is 47.1 Å². The van der Waals surface area contributed by atoms with Crippen LogP contribution in [0, 0.1) is 5.92 Å². The SMILES string of the molecule is [N-]=[N+]=NC[C@@H]1O[C@H](O)[C@H](N=[N+]=[N-])C(F)(F)[C@@H]1CC(=O)O. The number of alkyl halides is 2. The molecule has 1 rings (SSSR count). The van der Waals surface area contributed by atoms with Crippen LogP contribution in [0.3, 0.4) is 0 Å². The molecule has 4 atom stereocenters. The molecular weight excluding hydrogens is 282 g/mol. The van der Waals surface area contributed by atoms with Crippen LogP contribution >= 0.6 is 0 Å². The first-order chi connectivity index (χ1) is 9.34. The lowest BCUT2D eigenvalue weighted by atomic mass is 9.84. The zero-order valence-corrected chi connectivity index (χ0v) is 9.87. The van der Waals surface area contributed by atoms with E-state index in [-0.39, 0.29) is 0 Å². The molecule has 0 bridgehead atoms. The van der Waals surface area contributed by atoms with Gasteiger partial charge in [0.2, 0.25) is 0 Å². The molecule has 0 aromatic rings. The molecule has 0 aromatic carbocycles. The number of nitrogens with zero attached hydrogens (tertiary/aromatic N) is 6. The molecule has 0 saturated carbocycles. The summed E-state index contributed by atoms with van der Waals surface area (Å²) in [5, 5.41) is 23.9. The number of aliphatic carboxylic acids is 1. The van der Waals surface area contributed by atoms with E-state index in [4.69, 9.17) is 20.9 Å². The summed E-state index contributed by atoms with van der Waals surface area (Å²) in [6.45, 7) is -0.579. The summed E-state index contributed by atoms with van der Waals surface area (Å²) in [6, 6.07) is -2.25. The molecule has 1 fully saturated rings. The molecule has 0 spiro atoms. The Kier molecular flexibility index (Phi) is 5.06. The lowest BCUT2D eigenvalue weighted by Gasteiger charge is -2.42. The lowest BCUT2D eigenvalue weighted by molar-refractivity contribution is -0.272. The third kappa shape index (κ3) is 3.25. The van der Waals surface area contributed by atoms with Crippen molar-refractivity contribution in [2.45, 2.75) is 30.8 Å². The first kappa shape index (κ1) is 15.9. The Morgan fingerprint density at radius 2 is 2.05 bits per heavy atom. The van der Waals surface area contributed by atoms with Crippen molar-refractivity contribution in [3.8, 4) is 0 Å². The molecule has 1 aliphatic rings. The summed E-state index contributed by atoms with van der Waals surface area (Å²) in [5.74, 6) is -7.25. The van der Waals surface area contributed by atoms with E-state index >= 15 is 0 Å². The number of carboxylic acids is 1. The summed E-state index contributed by atoms with van der Waals surface area (Å²) in [7, 11) is 0. The van der Waals surface area contributed by atoms with E-state index in [2.05, 4.69) is 20.1 Å². The van der Waals surface area contributed by atoms with Crippen LogP contribution in [0.5, 0.6) is 0 Å². The average Bonchev–Trinajstić information content (AvgIpc) is 2.36. The quantitative estimate of drug-likeness (QED) is 0.444. The fourth-order valence-corrected chi connectivity index (χ4v) is 1.94. The second-order valence-electron chi connectivity index (χ2n) is 4.01. The van der Waals surface area contributed by atoms with Gasteiger partial charge in [-0.3, -0.25) is 4.79 Å². The van der Waals surface area contributed by atoms with Crippen molar-refractivity contribution >= 4 is 5.97 Å². The molecule has 0 aromatic heterocycles. The maximum Gasteiger partial charge on any atom is 0.303 e. The van der Waals surface area contributed by atoms with Crippen LogP contribution in [0.25, 0.3) is 20.9 Å². The molecule has 20 heavy (non-hydrogen) atoms. The Hall–Kier alpha value is -2.13. The maximum absolute atomic E-state index is 14.1. The fourth-order valence-electron chi connectivity index (χ4n) is 1.94. The molecule has 1 heterocycles. The average molecular weight is 292 g/mol. The zero-order chi connectivity index (χ0) is 15.3. The highest BCUT2D eigenvalue weighted by Gasteiger charge is 2.58. The van der Waals surface area contributed by atoms with Gasteiger partial charge in [0, 0.05) is 9.82 Å². The van der Waals surface area contributed by atoms with Gasteiger partial charge in [-0.2, -0.15) is 0 Å². The number of azide groups is 2. The van der Waals surface area contributed by atoms with Crippen LogP contribution in [0.1, 0.15) is 6.42 Å². The summed E-state index contributed by atoms with van der Waals surface area (Å²) >= 11 is 0. The van der Waals surface area contributed by atoms with Crippen LogP contribution in [-0.2, 0) is 9.53 Å². The number of ether oxygens (including phenoxy) is 1. The molecule has 1 aliphatic heterocycles. The van der Waals surface area contributed by atoms with E-state index in [0.717, 1.165) is 0 Å². The van der Waals surface area contributed by atoms with Crippen molar-refractivity contribution in [3.63, 3.8) is 0 Å². The standard InChI is InChI=1S/C8H10F2N6O4/c9-8(10)3(1-5(17)18)4(2-13-15-11)20-7(19)6(8)14-16-12/h3-4,6-7,19H,1-2H2,(H,17,18)/t3-,4+,6+,7+/m1/s1. The zero-order valence-electron chi connectivity index (χ0n) is 9.87. The van der Waals surface area contributed by atoms with Crippen molar-refractivity contribution in [2.24, 2.45) is 16.1 Å². The van der Waals surface area contributed by atoms with Gasteiger partial charge in [-0.05, 0) is 11.1 Å². The van der Waals surface area contributed by atoms with Gasteiger partial charge in [0.1, 0.15) is 0 Å². The van der Waals surface area contributed by atoms with Crippen molar-refractivity contribution in [2.75, 3.05) is 6.54 Å². The van der Waals surface area contributed by atoms with Gasteiger partial charge in [0.15, 0.2) is 12.3 Å². The Labute approximate surface area is 110 Å². The summed E-state index contributed by atoms with van der Waals surface area (Å²) in [6.07, 6.45) is -4.62. The molecule has 0 unspecified atom stereocenters. The monoisotopic (exact) mass is 292 g/mol. The van der Waals surface area contributed by atoms with Gasteiger partial charge in [-0.15, -0.1) is 0 Å². The van der Waals surface area contributed by atoms with Crippen LogP contribution < -0.4 is 0 Å². The molecule has 12 heteroatoms. The summed E-state index contributed by atoms with van der Waals surface area (Å²) in [5.41, 5.74) is 16.4. The molecule has 10 nitrogen and oxygen atoms in total. The number of halogens is 2. The minimum absolute atomic E-state index is 0.579. The number of aliphatic hydroxyl groups excluding tert-OH is 1. The van der Waals surface area contributed by atoms with Gasteiger partial charge in [-0.25, -0.2) is 8.78 Å². The Morgan fingerprint density at radius 1 is 1.40 bits per heavy atom. The van der Waals surface area contributed by atoms with Crippen LogP contribution in [0.4, 0.5) is 8.78 Å². The van der Waals surface area contributed by atoms with Crippen molar-refractivity contribution < 1.29 is 28.5 Å². The van der Waals surface area contributed by atoms with Gasteiger partial charge in [-0.1, -0.05) is 10.2 Å². The molecule has 2 N–H and O–H groups in total. The minimum Gasteiger partial charge on any atom is -0.481 e. The lowest BCUT2D eigenvalue weighted by Crippen LogP contribution is -2.59. The number of carbonyl (C=O) groups is 1. The molecule has 110 valence electrons. The van der Waals surface area contributed by atoms with Crippen molar-refractivity contribution in [3.05, 3.63) is 20.9 Å². The topological polar surface area (TPSA) is 164 Å². The smallest absolute Gasteiger partial charge is 0.303 e. The first-order valence-corrected chi connectivity index (χ1v) is 5.32. The third-order valence-electron chi connectivity index (χ3n) is 2.82. The van der Waals surface area contributed by atoms with E-state index in [9.17, 15) is 18.7 Å². The molecular formula is C8H10F2N6O4. The highest BCUT2D eigenvalue weighted by Crippen LogP contribution is 2.42. The molecule has 0 amide bonds. The van der Waals surface area contributed by atoms with E-state index in [1.807, 2.05) is 0 Å². The normalized spacial score (nSPS) is 31.8. The van der Waals surface area contributed by atoms with Crippen molar-refractivity contribution in [1.82, 2.24) is 0 Å². The minimum atomic E-state index is -3.82. The van der Waals surface area contributed by atoms with Gasteiger partial charge in [0.25, 0.3) is 5.92 Å². The summed E-state index contributed by atoms with van der Waals surface area (Å²) < 4.78 is 33.0. The van der Waals surface area contributed by atoms with E-state index in [0.29, 0.717) is 0 Å². The maximum atomic E-state index is 14.1. The molecule has 0 radical (unpaired) electrons. The fraction of sp³-hybridized carbons (Fsp3) is 0.875. The van der Waals surface area contributed by atoms with Crippen molar-refractivity contribution in [1.29, 1.82) is 0 Å². The number of hydrogen-bond acceptors (Lipinski definition) is 5. The van der Waals surface area contributed by atoms with Gasteiger partial charge in [0.05, 0.1) is 25.0 Å². The van der Waals surface area contributed by atoms with E-state index in [1.54, 1.807) is 0 Å². The number of aliphatic hydroxyl groups is 1. The highest BCUT2D eigenvalue weighted by atomic mass is 19.3. The second kappa shape index (κ2) is 6.35. The van der Waals surface area contributed by atoms with Crippen LogP contribution in [0.15, 0.2) is 10.2 Å². The predicted octanol–water partition coefficient (Wildman–Crippen LogP) is 1.42. The summed E-state index contributed by atoms with van der Waals surface area (Å²) in [4.78, 5) is 15.2. The number of hydrogen-bond donors (Lipinski definition) is 2. The third-order valence-corrected chi connectivity index (χ3v) is 2.82. The molecule has 0 aliphatic carbocycles. The predicted molar refractivity (Wildman–Crippen MR) is 58.5 cm³/mol. The number of rotatable bonds is 5. The van der Waals surface area contributed by atoms with Gasteiger partial charge < -0.3 is 14.9 Å². The largest absolute Gasteiger partial charge is 0.481 e. The van der Waals surface area contributed by atoms with E-state index < -0.39 is 49.2 Å². The van der Waals surface area contributed by atoms with Gasteiger partial charge >= 0.3 is 5.97 Å². The van der Waals surface area contributed by atoms with Crippen LogP contribution in [0.2, 0.25) is 0 Å². The Bertz CT molecular complexity index is 476. The highest BCUT2D eigenvalue weighted by molar-refractivity contribution is 5.67. The first-order valence-electron chi connectivity index (χ1n) is 5.32. The molecule has 1 saturated heterocycles. The Balaban J connectivity index is 3.13. The Morgan fingerprint density at radius 3 is 2.55 bits per heavy atom. The second-order valence-corrected chi connectivity index (χ2v) is 4.01. The van der Waals surface area contributed by atoms with E-state index in [1.165, 1.54) is 0 Å².